The first kappa shape index (κ1) is 17.9. The molecule has 0 bridgehead atoms. The van der Waals surface area contributed by atoms with Crippen LogP contribution in [0.4, 0.5) is 0 Å². The van der Waals surface area contributed by atoms with Crippen LogP contribution in [0.2, 0.25) is 0 Å². The summed E-state index contributed by atoms with van der Waals surface area (Å²) in [5, 5.41) is 14.6. The molecule has 4 rings (SSSR count). The molecular formula is C18H24ClN5O. The van der Waals surface area contributed by atoms with Crippen molar-refractivity contribution >= 4 is 18.3 Å². The van der Waals surface area contributed by atoms with Gasteiger partial charge < -0.3 is 10.6 Å². The number of rotatable bonds is 4. The molecule has 7 heteroatoms. The van der Waals surface area contributed by atoms with Crippen LogP contribution in [0, 0.1) is 0 Å². The fraction of sp³-hybridized carbons (Fsp3) is 0.500. The van der Waals surface area contributed by atoms with Gasteiger partial charge in [0.1, 0.15) is 0 Å². The van der Waals surface area contributed by atoms with Gasteiger partial charge in [-0.2, -0.15) is 0 Å². The zero-order chi connectivity index (χ0) is 16.4. The number of nitrogens with one attached hydrogen (secondary N) is 2. The molecule has 0 radical (unpaired) electrons. The Hall–Kier alpha value is -1.92. The van der Waals surface area contributed by atoms with Gasteiger partial charge in [-0.1, -0.05) is 35.5 Å². The average Bonchev–Trinajstić information content (AvgIpc) is 3.09. The highest BCUT2D eigenvalue weighted by Crippen LogP contribution is 2.36. The molecule has 0 unspecified atom stereocenters. The van der Waals surface area contributed by atoms with Crippen molar-refractivity contribution in [3.8, 4) is 0 Å². The minimum atomic E-state index is -0.105. The smallest absolute Gasteiger partial charge is 0.273 e. The SMILES string of the molecule is Cl.O=C(NC1CC(c2ccccc2)C1)c1cn(C2CCNCC2)nn1. The van der Waals surface area contributed by atoms with Crippen molar-refractivity contribution in [2.75, 3.05) is 13.1 Å². The Morgan fingerprint density at radius 2 is 1.88 bits per heavy atom. The molecule has 1 aromatic carbocycles. The van der Waals surface area contributed by atoms with Crippen molar-refractivity contribution in [3.63, 3.8) is 0 Å². The number of amides is 1. The van der Waals surface area contributed by atoms with Gasteiger partial charge in [0.25, 0.3) is 5.91 Å². The second-order valence-electron chi connectivity index (χ2n) is 6.81. The van der Waals surface area contributed by atoms with Gasteiger partial charge in [-0.3, -0.25) is 4.79 Å². The summed E-state index contributed by atoms with van der Waals surface area (Å²) >= 11 is 0. The highest BCUT2D eigenvalue weighted by molar-refractivity contribution is 5.92. The number of halogens is 1. The molecule has 1 aliphatic carbocycles. The third-order valence-corrected chi connectivity index (χ3v) is 5.17. The van der Waals surface area contributed by atoms with Crippen molar-refractivity contribution in [2.24, 2.45) is 0 Å². The highest BCUT2D eigenvalue weighted by atomic mass is 35.5. The zero-order valence-electron chi connectivity index (χ0n) is 14.1. The van der Waals surface area contributed by atoms with Crippen LogP contribution in [0.3, 0.4) is 0 Å². The summed E-state index contributed by atoms with van der Waals surface area (Å²) in [6, 6.07) is 11.1. The Kier molecular flexibility index (Phi) is 5.71. The molecule has 2 aliphatic rings. The number of benzene rings is 1. The van der Waals surface area contributed by atoms with Gasteiger partial charge in [-0.05, 0) is 50.3 Å². The molecular weight excluding hydrogens is 338 g/mol. The molecule has 2 N–H and O–H groups in total. The van der Waals surface area contributed by atoms with E-state index in [2.05, 4.69) is 45.2 Å². The largest absolute Gasteiger partial charge is 0.348 e. The molecule has 0 spiro atoms. The molecule has 2 aromatic rings. The van der Waals surface area contributed by atoms with Gasteiger partial charge in [-0.25, -0.2) is 4.68 Å². The number of hydrogen-bond acceptors (Lipinski definition) is 4. The fourth-order valence-corrected chi connectivity index (χ4v) is 3.62. The lowest BCUT2D eigenvalue weighted by Crippen LogP contribution is -2.43. The maximum Gasteiger partial charge on any atom is 0.273 e. The fourth-order valence-electron chi connectivity index (χ4n) is 3.62. The molecule has 25 heavy (non-hydrogen) atoms. The van der Waals surface area contributed by atoms with E-state index in [0.717, 1.165) is 38.8 Å². The molecule has 1 aliphatic heterocycles. The quantitative estimate of drug-likeness (QED) is 0.876. The molecule has 1 aromatic heterocycles. The molecule has 1 amide bonds. The lowest BCUT2D eigenvalue weighted by molar-refractivity contribution is 0.0903. The Morgan fingerprint density at radius 3 is 2.60 bits per heavy atom. The van der Waals surface area contributed by atoms with Crippen molar-refractivity contribution < 1.29 is 4.79 Å². The first-order chi connectivity index (χ1) is 11.8. The molecule has 2 fully saturated rings. The summed E-state index contributed by atoms with van der Waals surface area (Å²) in [6.07, 6.45) is 5.85. The van der Waals surface area contributed by atoms with Gasteiger partial charge in [0.2, 0.25) is 0 Å². The van der Waals surface area contributed by atoms with Crippen molar-refractivity contribution in [2.45, 2.75) is 43.7 Å². The minimum absolute atomic E-state index is 0. The summed E-state index contributed by atoms with van der Waals surface area (Å²) in [5.74, 6) is 0.452. The van der Waals surface area contributed by atoms with Gasteiger partial charge in [0.05, 0.1) is 12.2 Å². The van der Waals surface area contributed by atoms with E-state index in [4.69, 9.17) is 0 Å². The number of nitrogens with zero attached hydrogens (tertiary/aromatic N) is 3. The van der Waals surface area contributed by atoms with Gasteiger partial charge in [-0.15, -0.1) is 17.5 Å². The monoisotopic (exact) mass is 361 g/mol. The van der Waals surface area contributed by atoms with Crippen molar-refractivity contribution in [1.29, 1.82) is 0 Å². The number of carbonyl (C=O) groups is 1. The van der Waals surface area contributed by atoms with Crippen LogP contribution in [0.1, 0.15) is 53.7 Å². The Bertz CT molecular complexity index is 693. The third-order valence-electron chi connectivity index (χ3n) is 5.17. The lowest BCUT2D eigenvalue weighted by Gasteiger charge is -2.36. The van der Waals surface area contributed by atoms with E-state index < -0.39 is 0 Å². The van der Waals surface area contributed by atoms with Crippen LogP contribution in [0.25, 0.3) is 0 Å². The molecule has 2 heterocycles. The molecule has 1 saturated carbocycles. The lowest BCUT2D eigenvalue weighted by atomic mass is 9.76. The van der Waals surface area contributed by atoms with E-state index in [0.29, 0.717) is 17.7 Å². The number of aromatic nitrogens is 3. The predicted molar refractivity (Wildman–Crippen MR) is 98.1 cm³/mol. The van der Waals surface area contributed by atoms with Crippen molar-refractivity contribution in [3.05, 3.63) is 47.8 Å². The number of hydrogen-bond donors (Lipinski definition) is 2. The van der Waals surface area contributed by atoms with Crippen LogP contribution in [-0.2, 0) is 0 Å². The first-order valence-corrected chi connectivity index (χ1v) is 8.78. The standard InChI is InChI=1S/C18H23N5O.ClH/c24-18(17-12-23(22-21-17)16-6-8-19-9-7-16)20-15-10-14(11-15)13-4-2-1-3-5-13;/h1-5,12,14-16,19H,6-11H2,(H,20,24);1H. The summed E-state index contributed by atoms with van der Waals surface area (Å²) in [5.41, 5.74) is 1.79. The number of piperidine rings is 1. The van der Waals surface area contributed by atoms with E-state index in [1.165, 1.54) is 5.56 Å². The maximum atomic E-state index is 12.3. The van der Waals surface area contributed by atoms with Crippen LogP contribution >= 0.6 is 12.4 Å². The normalized spacial score (nSPS) is 23.4. The van der Waals surface area contributed by atoms with Gasteiger partial charge in [0.15, 0.2) is 5.69 Å². The van der Waals surface area contributed by atoms with E-state index in [1.54, 1.807) is 6.20 Å². The van der Waals surface area contributed by atoms with Crippen LogP contribution in [0.15, 0.2) is 36.5 Å². The molecule has 134 valence electrons. The summed E-state index contributed by atoms with van der Waals surface area (Å²) < 4.78 is 1.85. The first-order valence-electron chi connectivity index (χ1n) is 8.78. The summed E-state index contributed by atoms with van der Waals surface area (Å²) in [4.78, 5) is 12.3. The third kappa shape index (κ3) is 4.02. The van der Waals surface area contributed by atoms with E-state index in [9.17, 15) is 4.79 Å². The summed E-state index contributed by atoms with van der Waals surface area (Å²) in [6.45, 7) is 1.99. The van der Waals surface area contributed by atoms with E-state index in [1.807, 2.05) is 10.7 Å². The predicted octanol–water partition coefficient (Wildman–Crippen LogP) is 2.30. The second-order valence-corrected chi connectivity index (χ2v) is 6.81. The minimum Gasteiger partial charge on any atom is -0.348 e. The van der Waals surface area contributed by atoms with Gasteiger partial charge >= 0.3 is 0 Å². The second kappa shape index (κ2) is 7.97. The van der Waals surface area contributed by atoms with Crippen LogP contribution < -0.4 is 10.6 Å². The van der Waals surface area contributed by atoms with Crippen molar-refractivity contribution in [1.82, 2.24) is 25.6 Å². The zero-order valence-corrected chi connectivity index (χ0v) is 14.9. The maximum absolute atomic E-state index is 12.3. The van der Waals surface area contributed by atoms with E-state index in [-0.39, 0.29) is 24.4 Å². The van der Waals surface area contributed by atoms with E-state index >= 15 is 0 Å². The Morgan fingerprint density at radius 1 is 1.16 bits per heavy atom. The molecule has 6 nitrogen and oxygen atoms in total. The highest BCUT2D eigenvalue weighted by Gasteiger charge is 2.32. The summed E-state index contributed by atoms with van der Waals surface area (Å²) in [7, 11) is 0. The Labute approximate surface area is 153 Å². The topological polar surface area (TPSA) is 71.8 Å². The Balaban J connectivity index is 0.00000182. The molecule has 0 atom stereocenters. The van der Waals surface area contributed by atoms with Crippen LogP contribution in [0.5, 0.6) is 0 Å². The number of carbonyl (C=O) groups excluding carboxylic acids is 1. The van der Waals surface area contributed by atoms with Crippen LogP contribution in [-0.4, -0.2) is 40.0 Å². The van der Waals surface area contributed by atoms with Gasteiger partial charge in [0, 0.05) is 6.04 Å². The average molecular weight is 362 g/mol. The molecule has 1 saturated heterocycles.